The molecule has 20 heavy (non-hydrogen) atoms. The molecule has 1 aliphatic carbocycles. The highest BCUT2D eigenvalue weighted by molar-refractivity contribution is 9.10. The molecule has 1 aromatic carbocycles. The number of thiazole rings is 1. The number of rotatable bonds is 3. The average molecular weight is 353 g/mol. The van der Waals surface area contributed by atoms with Gasteiger partial charge in [0.15, 0.2) is 0 Å². The van der Waals surface area contributed by atoms with Gasteiger partial charge in [0.2, 0.25) is 0 Å². The van der Waals surface area contributed by atoms with Crippen LogP contribution in [-0.4, -0.2) is 12.1 Å². The van der Waals surface area contributed by atoms with Crippen LogP contribution in [0.2, 0.25) is 0 Å². The largest absolute Gasteiger partial charge is 0.496 e. The maximum Gasteiger partial charge on any atom is 0.124 e. The summed E-state index contributed by atoms with van der Waals surface area (Å²) in [7, 11) is 1.67. The lowest BCUT2D eigenvalue weighted by Gasteiger charge is -2.14. The zero-order chi connectivity index (χ0) is 14.1. The number of aryl methyl sites for hydroxylation is 2. The van der Waals surface area contributed by atoms with Crippen molar-refractivity contribution in [1.82, 2.24) is 4.98 Å². The standard InChI is InChI=1S/C15H17BrN2OS/c1-19-12-7-6-9(16)8-10(12)14(17)15-18-11-4-2-3-5-13(11)20-15/h6-8,14H,2-5,17H2,1H3. The summed E-state index contributed by atoms with van der Waals surface area (Å²) in [6.07, 6.45) is 4.75. The molecule has 0 bridgehead atoms. The topological polar surface area (TPSA) is 48.1 Å². The number of fused-ring (bicyclic) bond motifs is 1. The minimum Gasteiger partial charge on any atom is -0.496 e. The average Bonchev–Trinajstić information content (AvgIpc) is 2.90. The monoisotopic (exact) mass is 352 g/mol. The van der Waals surface area contributed by atoms with Crippen LogP contribution in [0.15, 0.2) is 22.7 Å². The Morgan fingerprint density at radius 2 is 2.15 bits per heavy atom. The number of aromatic nitrogens is 1. The van der Waals surface area contributed by atoms with Crippen LogP contribution in [0.4, 0.5) is 0 Å². The predicted octanol–water partition coefficient (Wildman–Crippen LogP) is 3.84. The third-order valence-corrected chi connectivity index (χ3v) is 5.39. The molecule has 1 aliphatic rings. The molecule has 5 heteroatoms. The van der Waals surface area contributed by atoms with E-state index in [4.69, 9.17) is 15.5 Å². The maximum atomic E-state index is 6.42. The van der Waals surface area contributed by atoms with Gasteiger partial charge in [0.25, 0.3) is 0 Å². The van der Waals surface area contributed by atoms with Gasteiger partial charge in [-0.05, 0) is 43.9 Å². The normalized spacial score (nSPS) is 15.8. The fourth-order valence-corrected chi connectivity index (χ4v) is 4.14. The second-order valence-corrected chi connectivity index (χ2v) is 7.02. The van der Waals surface area contributed by atoms with Crippen molar-refractivity contribution in [2.45, 2.75) is 31.7 Å². The smallest absolute Gasteiger partial charge is 0.124 e. The first-order valence-corrected chi connectivity index (χ1v) is 8.37. The van der Waals surface area contributed by atoms with Gasteiger partial charge in [-0.25, -0.2) is 4.98 Å². The van der Waals surface area contributed by atoms with Gasteiger partial charge in [0, 0.05) is 14.9 Å². The Hall–Kier alpha value is -0.910. The lowest BCUT2D eigenvalue weighted by Crippen LogP contribution is -2.13. The molecular weight excluding hydrogens is 336 g/mol. The summed E-state index contributed by atoms with van der Waals surface area (Å²) in [4.78, 5) is 6.17. The third-order valence-electron chi connectivity index (χ3n) is 3.66. The summed E-state index contributed by atoms with van der Waals surface area (Å²) in [6.45, 7) is 0. The number of hydrogen-bond donors (Lipinski definition) is 1. The molecule has 2 N–H and O–H groups in total. The van der Waals surface area contributed by atoms with Gasteiger partial charge in [0.1, 0.15) is 10.8 Å². The zero-order valence-corrected chi connectivity index (χ0v) is 13.8. The fraction of sp³-hybridized carbons (Fsp3) is 0.400. The highest BCUT2D eigenvalue weighted by Gasteiger charge is 2.22. The highest BCUT2D eigenvalue weighted by atomic mass is 79.9. The molecule has 1 atom stereocenters. The van der Waals surface area contributed by atoms with Gasteiger partial charge in [-0.2, -0.15) is 0 Å². The van der Waals surface area contributed by atoms with Crippen molar-refractivity contribution in [2.24, 2.45) is 5.73 Å². The first-order valence-electron chi connectivity index (χ1n) is 6.76. The highest BCUT2D eigenvalue weighted by Crippen LogP contribution is 2.35. The number of hydrogen-bond acceptors (Lipinski definition) is 4. The first-order chi connectivity index (χ1) is 9.69. The summed E-state index contributed by atoms with van der Waals surface area (Å²) in [6, 6.07) is 5.69. The SMILES string of the molecule is COc1ccc(Br)cc1C(N)c1nc2c(s1)CCCC2. The number of nitrogens with zero attached hydrogens (tertiary/aromatic N) is 1. The second kappa shape index (κ2) is 5.84. The van der Waals surface area contributed by atoms with Gasteiger partial charge >= 0.3 is 0 Å². The fourth-order valence-electron chi connectivity index (χ4n) is 2.59. The van der Waals surface area contributed by atoms with Crippen LogP contribution in [-0.2, 0) is 12.8 Å². The zero-order valence-electron chi connectivity index (χ0n) is 11.4. The van der Waals surface area contributed by atoms with Crippen LogP contribution < -0.4 is 10.5 Å². The molecule has 3 nitrogen and oxygen atoms in total. The molecule has 0 spiro atoms. The molecular formula is C15H17BrN2OS. The van der Waals surface area contributed by atoms with Gasteiger partial charge < -0.3 is 10.5 Å². The van der Waals surface area contributed by atoms with Crippen molar-refractivity contribution < 1.29 is 4.74 Å². The number of halogens is 1. The van der Waals surface area contributed by atoms with E-state index in [0.717, 1.165) is 33.6 Å². The van der Waals surface area contributed by atoms with Crippen LogP contribution >= 0.6 is 27.3 Å². The van der Waals surface area contributed by atoms with E-state index < -0.39 is 0 Å². The molecule has 0 fully saturated rings. The summed E-state index contributed by atoms with van der Waals surface area (Å²) in [5.74, 6) is 0.814. The van der Waals surface area contributed by atoms with E-state index in [-0.39, 0.29) is 6.04 Å². The molecule has 2 aromatic rings. The molecule has 0 saturated carbocycles. The van der Waals surface area contributed by atoms with Crippen molar-refractivity contribution >= 4 is 27.3 Å². The Kier molecular flexibility index (Phi) is 4.10. The first kappa shape index (κ1) is 14.0. The quantitative estimate of drug-likeness (QED) is 0.912. The van der Waals surface area contributed by atoms with Crippen LogP contribution in [0.25, 0.3) is 0 Å². The summed E-state index contributed by atoms with van der Waals surface area (Å²) in [5, 5.41) is 0.994. The minimum atomic E-state index is -0.224. The predicted molar refractivity (Wildman–Crippen MR) is 85.5 cm³/mol. The van der Waals surface area contributed by atoms with Gasteiger partial charge in [-0.1, -0.05) is 15.9 Å². The summed E-state index contributed by atoms with van der Waals surface area (Å²) in [5.41, 5.74) is 8.65. The van der Waals surface area contributed by atoms with Crippen molar-refractivity contribution in [2.75, 3.05) is 7.11 Å². The van der Waals surface area contributed by atoms with Crippen molar-refractivity contribution in [3.8, 4) is 5.75 Å². The molecule has 106 valence electrons. The van der Waals surface area contributed by atoms with E-state index in [1.165, 1.54) is 23.4 Å². The second-order valence-electron chi connectivity index (χ2n) is 4.99. The summed E-state index contributed by atoms with van der Waals surface area (Å²) < 4.78 is 6.43. The number of ether oxygens (including phenoxy) is 1. The molecule has 0 saturated heterocycles. The summed E-state index contributed by atoms with van der Waals surface area (Å²) >= 11 is 5.25. The molecule has 1 unspecified atom stereocenters. The minimum absolute atomic E-state index is 0.224. The van der Waals surface area contributed by atoms with Crippen LogP contribution in [0.3, 0.4) is 0 Å². The molecule has 1 aromatic heterocycles. The lowest BCUT2D eigenvalue weighted by molar-refractivity contribution is 0.407. The number of methoxy groups -OCH3 is 1. The molecule has 0 amide bonds. The van der Waals surface area contributed by atoms with Gasteiger partial charge in [-0.3, -0.25) is 0 Å². The number of benzene rings is 1. The Morgan fingerprint density at radius 3 is 2.90 bits per heavy atom. The molecule has 1 heterocycles. The Morgan fingerprint density at radius 1 is 1.35 bits per heavy atom. The van der Waals surface area contributed by atoms with Crippen LogP contribution in [0.1, 0.15) is 40.0 Å². The van der Waals surface area contributed by atoms with Gasteiger partial charge in [-0.15, -0.1) is 11.3 Å². The van der Waals surface area contributed by atoms with E-state index in [9.17, 15) is 0 Å². The van der Waals surface area contributed by atoms with E-state index in [1.807, 2.05) is 18.2 Å². The van der Waals surface area contributed by atoms with Crippen molar-refractivity contribution in [1.29, 1.82) is 0 Å². The third kappa shape index (κ3) is 2.62. The van der Waals surface area contributed by atoms with Gasteiger partial charge in [0.05, 0.1) is 18.8 Å². The Balaban J connectivity index is 1.97. The van der Waals surface area contributed by atoms with Crippen molar-refractivity contribution in [3.63, 3.8) is 0 Å². The van der Waals surface area contributed by atoms with Crippen molar-refractivity contribution in [3.05, 3.63) is 43.8 Å². The van der Waals surface area contributed by atoms with Crippen LogP contribution in [0.5, 0.6) is 5.75 Å². The Labute approximate surface area is 131 Å². The van der Waals surface area contributed by atoms with E-state index >= 15 is 0 Å². The molecule has 0 radical (unpaired) electrons. The molecule has 0 aliphatic heterocycles. The Bertz CT molecular complexity index is 603. The maximum absolute atomic E-state index is 6.42. The van der Waals surface area contributed by atoms with E-state index in [0.29, 0.717) is 0 Å². The molecule has 3 rings (SSSR count). The van der Waals surface area contributed by atoms with E-state index in [2.05, 4.69) is 15.9 Å². The number of nitrogens with two attached hydrogens (primary N) is 1. The lowest BCUT2D eigenvalue weighted by atomic mass is 10.0. The van der Waals surface area contributed by atoms with Crippen LogP contribution in [0, 0.1) is 0 Å². The van der Waals surface area contributed by atoms with E-state index in [1.54, 1.807) is 18.4 Å².